The van der Waals surface area contributed by atoms with Gasteiger partial charge >= 0.3 is 0 Å². The molecule has 0 saturated carbocycles. The molecule has 2 aromatic rings. The molecule has 1 atom stereocenters. The Morgan fingerprint density at radius 1 is 0.963 bits per heavy atom. The van der Waals surface area contributed by atoms with E-state index in [0.717, 1.165) is 12.2 Å². The summed E-state index contributed by atoms with van der Waals surface area (Å²) in [5.41, 5.74) is 2.21. The summed E-state index contributed by atoms with van der Waals surface area (Å²) >= 11 is 0. The van der Waals surface area contributed by atoms with Gasteiger partial charge in [-0.25, -0.2) is 0 Å². The van der Waals surface area contributed by atoms with Crippen molar-refractivity contribution >= 4 is 5.91 Å². The van der Waals surface area contributed by atoms with Gasteiger partial charge in [0.05, 0.1) is 0 Å². The van der Waals surface area contributed by atoms with Crippen molar-refractivity contribution in [2.45, 2.75) is 71.4 Å². The Morgan fingerprint density at radius 2 is 1.56 bits per heavy atom. The first kappa shape index (κ1) is 21.0. The highest BCUT2D eigenvalue weighted by atomic mass is 16.5. The maximum atomic E-state index is 12.8. The highest BCUT2D eigenvalue weighted by Gasteiger charge is 2.26. The van der Waals surface area contributed by atoms with E-state index < -0.39 is 6.10 Å². The molecule has 0 aromatic heterocycles. The smallest absolute Gasteiger partial charge is 0.261 e. The van der Waals surface area contributed by atoms with Crippen molar-refractivity contribution in [3.05, 3.63) is 65.7 Å². The monoisotopic (exact) mass is 367 g/mol. The van der Waals surface area contributed by atoms with Crippen LogP contribution in [-0.4, -0.2) is 17.6 Å². The van der Waals surface area contributed by atoms with E-state index in [0.29, 0.717) is 6.42 Å². The number of carbonyl (C=O) groups is 1. The van der Waals surface area contributed by atoms with Crippen LogP contribution in [0.3, 0.4) is 0 Å². The van der Waals surface area contributed by atoms with Crippen molar-refractivity contribution in [1.29, 1.82) is 0 Å². The van der Waals surface area contributed by atoms with E-state index in [1.165, 1.54) is 11.1 Å². The highest BCUT2D eigenvalue weighted by molar-refractivity contribution is 5.81. The Hall–Kier alpha value is -2.29. The largest absolute Gasteiger partial charge is 0.481 e. The van der Waals surface area contributed by atoms with E-state index in [4.69, 9.17) is 4.74 Å². The zero-order valence-electron chi connectivity index (χ0n) is 17.5. The quantitative estimate of drug-likeness (QED) is 0.723. The van der Waals surface area contributed by atoms with Gasteiger partial charge in [0.15, 0.2) is 6.10 Å². The van der Waals surface area contributed by atoms with Crippen molar-refractivity contribution in [2.75, 3.05) is 0 Å². The predicted molar refractivity (Wildman–Crippen MR) is 112 cm³/mol. The Bertz CT molecular complexity index is 727. The molecule has 2 rings (SSSR count). The van der Waals surface area contributed by atoms with Crippen LogP contribution in [0.25, 0.3) is 0 Å². The zero-order chi connectivity index (χ0) is 20.1. The minimum absolute atomic E-state index is 0.0710. The van der Waals surface area contributed by atoms with Gasteiger partial charge in [0, 0.05) is 5.54 Å². The topological polar surface area (TPSA) is 38.3 Å². The lowest BCUT2D eigenvalue weighted by molar-refractivity contribution is -0.129. The first-order valence-electron chi connectivity index (χ1n) is 9.74. The predicted octanol–water partition coefficient (Wildman–Crippen LogP) is 5.28. The lowest BCUT2D eigenvalue weighted by atomic mass is 9.87. The van der Waals surface area contributed by atoms with Gasteiger partial charge in [-0.15, -0.1) is 0 Å². The molecule has 0 heterocycles. The summed E-state index contributed by atoms with van der Waals surface area (Å²) in [6.07, 6.45) is 0.894. The van der Waals surface area contributed by atoms with Gasteiger partial charge < -0.3 is 10.1 Å². The van der Waals surface area contributed by atoms with Crippen LogP contribution >= 0.6 is 0 Å². The molecule has 1 amide bonds. The molecule has 1 N–H and O–H groups in total. The summed E-state index contributed by atoms with van der Waals surface area (Å²) < 4.78 is 5.98. The van der Waals surface area contributed by atoms with E-state index in [2.05, 4.69) is 50.4 Å². The van der Waals surface area contributed by atoms with E-state index >= 15 is 0 Å². The highest BCUT2D eigenvalue weighted by Crippen LogP contribution is 2.25. The molecule has 3 heteroatoms. The molecule has 0 spiro atoms. The van der Waals surface area contributed by atoms with Gasteiger partial charge in [-0.05, 0) is 55.4 Å². The summed E-state index contributed by atoms with van der Waals surface area (Å²) in [6.45, 7) is 12.6. The zero-order valence-corrected chi connectivity index (χ0v) is 17.5. The van der Waals surface area contributed by atoms with Crippen molar-refractivity contribution in [3.8, 4) is 5.75 Å². The molecule has 1 unspecified atom stereocenters. The summed E-state index contributed by atoms with van der Waals surface area (Å²) in [5.74, 6) is 0.657. The first-order chi connectivity index (χ1) is 12.6. The molecule has 2 aromatic carbocycles. The number of benzene rings is 2. The Morgan fingerprint density at radius 3 is 2.07 bits per heavy atom. The van der Waals surface area contributed by atoms with Crippen LogP contribution < -0.4 is 10.1 Å². The van der Waals surface area contributed by atoms with Crippen LogP contribution in [0.1, 0.15) is 59.1 Å². The third-order valence-corrected chi connectivity index (χ3v) is 4.61. The lowest BCUT2D eigenvalue weighted by Gasteiger charge is -2.29. The Kier molecular flexibility index (Phi) is 6.69. The van der Waals surface area contributed by atoms with Crippen molar-refractivity contribution in [3.63, 3.8) is 0 Å². The van der Waals surface area contributed by atoms with Gasteiger partial charge in [0.25, 0.3) is 5.91 Å². The molecule has 0 aliphatic rings. The number of ether oxygens (including phenoxy) is 1. The Balaban J connectivity index is 2.00. The SMILES string of the molecule is CCC(Oc1ccc(C(C)(C)C)cc1)C(=O)NC(C)(C)Cc1ccccc1. The van der Waals surface area contributed by atoms with Crippen LogP contribution in [0.4, 0.5) is 0 Å². The van der Waals surface area contributed by atoms with Gasteiger partial charge in [-0.1, -0.05) is 70.2 Å². The van der Waals surface area contributed by atoms with Crippen LogP contribution in [0.15, 0.2) is 54.6 Å². The number of carbonyl (C=O) groups excluding carboxylic acids is 1. The molecule has 0 radical (unpaired) electrons. The molecule has 0 aliphatic carbocycles. The summed E-state index contributed by atoms with van der Waals surface area (Å²) in [6, 6.07) is 18.2. The fraction of sp³-hybridized carbons (Fsp3) is 0.458. The molecule has 0 saturated heterocycles. The average Bonchev–Trinajstić information content (AvgIpc) is 2.59. The van der Waals surface area contributed by atoms with Crippen LogP contribution in [0.2, 0.25) is 0 Å². The third kappa shape index (κ3) is 6.42. The van der Waals surface area contributed by atoms with Crippen LogP contribution in [-0.2, 0) is 16.6 Å². The second kappa shape index (κ2) is 8.60. The normalized spacial score (nSPS) is 13.1. The molecule has 27 heavy (non-hydrogen) atoms. The molecule has 146 valence electrons. The number of hydrogen-bond acceptors (Lipinski definition) is 2. The first-order valence-corrected chi connectivity index (χ1v) is 9.74. The van der Waals surface area contributed by atoms with Gasteiger partial charge in [0.2, 0.25) is 0 Å². The number of hydrogen-bond donors (Lipinski definition) is 1. The molecular formula is C24H33NO2. The van der Waals surface area contributed by atoms with Crippen molar-refractivity contribution in [2.24, 2.45) is 0 Å². The molecule has 3 nitrogen and oxygen atoms in total. The van der Waals surface area contributed by atoms with Gasteiger partial charge in [-0.3, -0.25) is 4.79 Å². The molecule has 0 fully saturated rings. The van der Waals surface area contributed by atoms with Gasteiger partial charge in [0.1, 0.15) is 5.75 Å². The fourth-order valence-electron chi connectivity index (χ4n) is 3.08. The maximum absolute atomic E-state index is 12.8. The van der Waals surface area contributed by atoms with Crippen LogP contribution in [0, 0.1) is 0 Å². The maximum Gasteiger partial charge on any atom is 0.261 e. The summed E-state index contributed by atoms with van der Waals surface area (Å²) in [7, 11) is 0. The second-order valence-corrected chi connectivity index (χ2v) is 8.82. The summed E-state index contributed by atoms with van der Waals surface area (Å²) in [5, 5.41) is 3.15. The second-order valence-electron chi connectivity index (χ2n) is 8.82. The van der Waals surface area contributed by atoms with Crippen LogP contribution in [0.5, 0.6) is 5.75 Å². The number of rotatable bonds is 7. The van der Waals surface area contributed by atoms with E-state index in [1.807, 2.05) is 51.1 Å². The lowest BCUT2D eigenvalue weighted by Crippen LogP contribution is -2.50. The minimum Gasteiger partial charge on any atom is -0.481 e. The molecule has 0 bridgehead atoms. The van der Waals surface area contributed by atoms with E-state index in [-0.39, 0.29) is 16.9 Å². The number of amides is 1. The Labute approximate surface area is 164 Å². The third-order valence-electron chi connectivity index (χ3n) is 4.61. The van der Waals surface area contributed by atoms with Crippen molar-refractivity contribution < 1.29 is 9.53 Å². The minimum atomic E-state index is -0.500. The van der Waals surface area contributed by atoms with Gasteiger partial charge in [-0.2, -0.15) is 0 Å². The van der Waals surface area contributed by atoms with E-state index in [1.54, 1.807) is 0 Å². The molecular weight excluding hydrogens is 334 g/mol. The number of nitrogens with one attached hydrogen (secondary N) is 1. The van der Waals surface area contributed by atoms with E-state index in [9.17, 15) is 4.79 Å². The van der Waals surface area contributed by atoms with Crippen molar-refractivity contribution in [1.82, 2.24) is 5.32 Å². The average molecular weight is 368 g/mol. The fourth-order valence-corrected chi connectivity index (χ4v) is 3.08. The molecule has 0 aliphatic heterocycles. The standard InChI is InChI=1S/C24H33NO2/c1-7-21(27-20-15-13-19(14-16-20)23(2,3)4)22(26)25-24(5,6)17-18-11-9-8-10-12-18/h8-16,21H,7,17H2,1-6H3,(H,25,26). The summed E-state index contributed by atoms with van der Waals surface area (Å²) in [4.78, 5) is 12.8.